The van der Waals surface area contributed by atoms with E-state index in [9.17, 15) is 9.59 Å². The van der Waals surface area contributed by atoms with Crippen molar-refractivity contribution in [1.29, 1.82) is 0 Å². The zero-order valence-corrected chi connectivity index (χ0v) is 13.9. The van der Waals surface area contributed by atoms with Gasteiger partial charge in [-0.25, -0.2) is 0 Å². The van der Waals surface area contributed by atoms with Crippen molar-refractivity contribution in [2.75, 3.05) is 12.9 Å². The van der Waals surface area contributed by atoms with Gasteiger partial charge in [-0.1, -0.05) is 23.7 Å². The highest BCUT2D eigenvalue weighted by atomic mass is 35.5. The lowest BCUT2D eigenvalue weighted by atomic mass is 10.2. The molecule has 0 radical (unpaired) electrons. The molecule has 0 saturated heterocycles. The van der Waals surface area contributed by atoms with Gasteiger partial charge in [0.1, 0.15) is 5.75 Å². The third kappa shape index (κ3) is 5.19. The van der Waals surface area contributed by atoms with E-state index in [1.165, 1.54) is 0 Å². The summed E-state index contributed by atoms with van der Waals surface area (Å²) in [5.41, 5.74) is 5.07. The SMILES string of the molecule is CSc1ccc(C(=O)NNC(=O)COc2ccccc2Cl)cc1. The number of carbonyl (C=O) groups is 2. The maximum atomic E-state index is 11.9. The Morgan fingerprint density at radius 1 is 1.09 bits per heavy atom. The normalized spacial score (nSPS) is 10.0. The molecule has 7 heteroatoms. The van der Waals surface area contributed by atoms with Crippen molar-refractivity contribution in [3.05, 3.63) is 59.1 Å². The molecule has 5 nitrogen and oxygen atoms in total. The monoisotopic (exact) mass is 350 g/mol. The van der Waals surface area contributed by atoms with Crippen LogP contribution >= 0.6 is 23.4 Å². The van der Waals surface area contributed by atoms with Crippen LogP contribution in [0.1, 0.15) is 10.4 Å². The lowest BCUT2D eigenvalue weighted by Gasteiger charge is -2.09. The number of ether oxygens (including phenoxy) is 1. The fraction of sp³-hybridized carbons (Fsp3) is 0.125. The van der Waals surface area contributed by atoms with E-state index < -0.39 is 11.8 Å². The van der Waals surface area contributed by atoms with E-state index in [-0.39, 0.29) is 6.61 Å². The molecule has 2 rings (SSSR count). The molecule has 2 aromatic rings. The van der Waals surface area contributed by atoms with E-state index in [0.717, 1.165) is 4.90 Å². The van der Waals surface area contributed by atoms with Gasteiger partial charge in [0.15, 0.2) is 6.61 Å². The first-order valence-corrected chi connectivity index (χ1v) is 8.31. The number of benzene rings is 2. The van der Waals surface area contributed by atoms with Gasteiger partial charge in [-0.15, -0.1) is 11.8 Å². The summed E-state index contributed by atoms with van der Waals surface area (Å²) in [6, 6.07) is 13.9. The molecule has 0 unspecified atom stereocenters. The van der Waals surface area contributed by atoms with Gasteiger partial charge < -0.3 is 4.74 Å². The molecule has 0 fully saturated rings. The van der Waals surface area contributed by atoms with E-state index in [1.54, 1.807) is 48.2 Å². The average Bonchev–Trinajstić information content (AvgIpc) is 2.59. The molecule has 2 N–H and O–H groups in total. The Balaban J connectivity index is 1.79. The molecule has 120 valence electrons. The second kappa shape index (κ2) is 8.45. The van der Waals surface area contributed by atoms with Crippen LogP contribution in [0.5, 0.6) is 5.75 Å². The summed E-state index contributed by atoms with van der Waals surface area (Å²) in [5, 5.41) is 0.415. The molecular weight excluding hydrogens is 336 g/mol. The van der Waals surface area contributed by atoms with Gasteiger partial charge in [0.25, 0.3) is 11.8 Å². The zero-order chi connectivity index (χ0) is 16.7. The first-order valence-electron chi connectivity index (χ1n) is 6.70. The van der Waals surface area contributed by atoms with Crippen LogP contribution in [0.15, 0.2) is 53.4 Å². The van der Waals surface area contributed by atoms with Crippen LogP contribution in [0.2, 0.25) is 5.02 Å². The Labute approximate surface area is 143 Å². The summed E-state index contributed by atoms with van der Waals surface area (Å²) in [7, 11) is 0. The van der Waals surface area contributed by atoms with Crippen LogP contribution < -0.4 is 15.6 Å². The van der Waals surface area contributed by atoms with Crippen molar-refractivity contribution < 1.29 is 14.3 Å². The maximum absolute atomic E-state index is 11.9. The fourth-order valence-electron chi connectivity index (χ4n) is 1.68. The lowest BCUT2D eigenvalue weighted by Crippen LogP contribution is -2.43. The van der Waals surface area contributed by atoms with E-state index in [4.69, 9.17) is 16.3 Å². The van der Waals surface area contributed by atoms with Crippen LogP contribution in [0.3, 0.4) is 0 Å². The van der Waals surface area contributed by atoms with Crippen LogP contribution in [0.25, 0.3) is 0 Å². The van der Waals surface area contributed by atoms with Crippen molar-refractivity contribution >= 4 is 35.2 Å². The number of nitrogens with one attached hydrogen (secondary N) is 2. The number of hydrogen-bond acceptors (Lipinski definition) is 4. The van der Waals surface area contributed by atoms with Crippen molar-refractivity contribution in [2.24, 2.45) is 0 Å². The van der Waals surface area contributed by atoms with Crippen LogP contribution in [-0.4, -0.2) is 24.7 Å². The number of thioether (sulfide) groups is 1. The summed E-state index contributed by atoms with van der Waals surface area (Å²) in [6.45, 7) is -0.255. The highest BCUT2D eigenvalue weighted by Gasteiger charge is 2.08. The average molecular weight is 351 g/mol. The van der Waals surface area contributed by atoms with Crippen molar-refractivity contribution in [2.45, 2.75) is 4.90 Å². The van der Waals surface area contributed by atoms with Crippen LogP contribution in [-0.2, 0) is 4.79 Å². The van der Waals surface area contributed by atoms with Gasteiger partial charge in [0.2, 0.25) is 0 Å². The van der Waals surface area contributed by atoms with Crippen LogP contribution in [0, 0.1) is 0 Å². The second-order valence-electron chi connectivity index (χ2n) is 4.45. The van der Waals surface area contributed by atoms with Gasteiger partial charge in [-0.2, -0.15) is 0 Å². The highest BCUT2D eigenvalue weighted by molar-refractivity contribution is 7.98. The van der Waals surface area contributed by atoms with Crippen molar-refractivity contribution in [3.63, 3.8) is 0 Å². The van der Waals surface area contributed by atoms with E-state index in [0.29, 0.717) is 16.3 Å². The summed E-state index contributed by atoms with van der Waals surface area (Å²) < 4.78 is 5.27. The van der Waals surface area contributed by atoms with Crippen molar-refractivity contribution in [1.82, 2.24) is 10.9 Å². The summed E-state index contributed by atoms with van der Waals surface area (Å²) in [4.78, 5) is 24.6. The van der Waals surface area contributed by atoms with E-state index >= 15 is 0 Å². The minimum Gasteiger partial charge on any atom is -0.482 e. The molecule has 0 atom stereocenters. The molecule has 0 aromatic heterocycles. The summed E-state index contributed by atoms with van der Waals surface area (Å²) >= 11 is 7.50. The van der Waals surface area contributed by atoms with E-state index in [2.05, 4.69) is 10.9 Å². The molecule has 0 aliphatic heterocycles. The summed E-state index contributed by atoms with van der Waals surface area (Å²) in [6.07, 6.45) is 1.95. The molecule has 0 heterocycles. The molecular formula is C16H15ClN2O3S. The first-order chi connectivity index (χ1) is 11.1. The van der Waals surface area contributed by atoms with Gasteiger partial charge in [0.05, 0.1) is 5.02 Å². The molecule has 0 aliphatic carbocycles. The smallest absolute Gasteiger partial charge is 0.276 e. The molecule has 2 aromatic carbocycles. The lowest BCUT2D eigenvalue weighted by molar-refractivity contribution is -0.123. The molecule has 0 saturated carbocycles. The first kappa shape index (κ1) is 17.2. The fourth-order valence-corrected chi connectivity index (χ4v) is 2.28. The maximum Gasteiger partial charge on any atom is 0.276 e. The van der Waals surface area contributed by atoms with Gasteiger partial charge >= 0.3 is 0 Å². The van der Waals surface area contributed by atoms with Gasteiger partial charge in [0, 0.05) is 10.5 Å². The number of hydrazine groups is 1. The number of amides is 2. The number of para-hydroxylation sites is 1. The van der Waals surface area contributed by atoms with Crippen LogP contribution in [0.4, 0.5) is 0 Å². The van der Waals surface area contributed by atoms with Gasteiger partial charge in [-0.3, -0.25) is 20.4 Å². The Kier molecular flexibility index (Phi) is 6.31. The Morgan fingerprint density at radius 2 is 1.78 bits per heavy atom. The number of hydrogen-bond donors (Lipinski definition) is 2. The molecule has 0 aliphatic rings. The second-order valence-corrected chi connectivity index (χ2v) is 5.74. The summed E-state index contributed by atoms with van der Waals surface area (Å²) in [5.74, 6) is -0.481. The molecule has 23 heavy (non-hydrogen) atoms. The third-order valence-corrected chi connectivity index (χ3v) is 3.92. The number of rotatable bonds is 5. The quantitative estimate of drug-likeness (QED) is 0.642. The topological polar surface area (TPSA) is 67.4 Å². The minimum atomic E-state index is -0.487. The predicted molar refractivity (Wildman–Crippen MR) is 90.8 cm³/mol. The number of carbonyl (C=O) groups excluding carboxylic acids is 2. The predicted octanol–water partition coefficient (Wildman–Crippen LogP) is 2.90. The minimum absolute atomic E-state index is 0.255. The Bertz CT molecular complexity index is 692. The third-order valence-electron chi connectivity index (χ3n) is 2.86. The molecule has 0 spiro atoms. The zero-order valence-electron chi connectivity index (χ0n) is 12.3. The number of halogens is 1. The van der Waals surface area contributed by atoms with Gasteiger partial charge in [-0.05, 0) is 42.7 Å². The van der Waals surface area contributed by atoms with E-state index in [1.807, 2.05) is 18.4 Å². The highest BCUT2D eigenvalue weighted by Crippen LogP contribution is 2.22. The molecule has 0 bridgehead atoms. The largest absolute Gasteiger partial charge is 0.482 e. The Hall–Kier alpha value is -2.18. The Morgan fingerprint density at radius 3 is 2.43 bits per heavy atom. The standard InChI is InChI=1S/C16H15ClN2O3S/c1-23-12-8-6-11(7-9-12)16(21)19-18-15(20)10-22-14-5-3-2-4-13(14)17/h2-9H,10H2,1H3,(H,18,20)(H,19,21). The molecule has 2 amide bonds. The van der Waals surface area contributed by atoms with Crippen molar-refractivity contribution in [3.8, 4) is 5.75 Å².